The first-order valence-corrected chi connectivity index (χ1v) is 10.3. The van der Waals surface area contributed by atoms with E-state index < -0.39 is 5.91 Å². The number of hydrazone groups is 1. The van der Waals surface area contributed by atoms with E-state index in [0.29, 0.717) is 23.7 Å². The summed E-state index contributed by atoms with van der Waals surface area (Å²) in [5, 5.41) is 6.30. The van der Waals surface area contributed by atoms with Crippen molar-refractivity contribution >= 4 is 38.8 Å². The highest BCUT2D eigenvalue weighted by Gasteiger charge is 2.11. The van der Waals surface area contributed by atoms with Crippen molar-refractivity contribution in [3.8, 4) is 11.5 Å². The minimum absolute atomic E-state index is 0.186. The summed E-state index contributed by atoms with van der Waals surface area (Å²) >= 11 is 3.52. The zero-order chi connectivity index (χ0) is 21.6. The van der Waals surface area contributed by atoms with Crippen LogP contribution in [0, 0.1) is 0 Å². The zero-order valence-electron chi connectivity index (χ0n) is 16.7. The van der Waals surface area contributed by atoms with E-state index >= 15 is 0 Å². The highest BCUT2D eigenvalue weighted by atomic mass is 79.9. The zero-order valence-corrected chi connectivity index (χ0v) is 18.3. The molecule has 0 atom stereocenters. The third kappa shape index (κ3) is 4.78. The summed E-state index contributed by atoms with van der Waals surface area (Å²) in [7, 11) is 1.58. The number of benzene rings is 3. The average molecular weight is 479 g/mol. The molecule has 156 valence electrons. The summed E-state index contributed by atoms with van der Waals surface area (Å²) in [5.74, 6) is 0.909. The molecule has 1 N–H and O–H groups in total. The Morgan fingerprint density at radius 2 is 1.94 bits per heavy atom. The lowest BCUT2D eigenvalue weighted by atomic mass is 10.1. The maximum atomic E-state index is 11.9. The molecule has 0 radical (unpaired) electrons. The van der Waals surface area contributed by atoms with E-state index in [4.69, 9.17) is 13.9 Å². The Labute approximate surface area is 187 Å². The number of carbonyl (C=O) groups excluding carboxylic acids is 1. The molecule has 0 spiro atoms. The number of hydrogen-bond donors (Lipinski definition) is 1. The molecule has 0 fully saturated rings. The van der Waals surface area contributed by atoms with Crippen LogP contribution in [0.1, 0.15) is 21.7 Å². The number of halogens is 1. The van der Waals surface area contributed by atoms with Gasteiger partial charge in [-0.15, -0.1) is 0 Å². The van der Waals surface area contributed by atoms with Gasteiger partial charge in [0.2, 0.25) is 0 Å². The van der Waals surface area contributed by atoms with Gasteiger partial charge in [-0.05, 0) is 56.5 Å². The Balaban J connectivity index is 1.49. The molecule has 4 rings (SSSR count). The van der Waals surface area contributed by atoms with Crippen LogP contribution in [-0.4, -0.2) is 19.2 Å². The first-order valence-electron chi connectivity index (χ1n) is 9.49. The fourth-order valence-electron chi connectivity index (χ4n) is 3.12. The predicted octanol–water partition coefficient (Wildman–Crippen LogP) is 5.55. The maximum Gasteiger partial charge on any atom is 0.307 e. The van der Waals surface area contributed by atoms with Crippen LogP contribution >= 0.6 is 15.9 Å². The number of hydrogen-bond acceptors (Lipinski definition) is 5. The smallest absolute Gasteiger partial charge is 0.307 e. The number of methoxy groups -OCH3 is 1. The summed E-state index contributed by atoms with van der Waals surface area (Å²) < 4.78 is 17.3. The predicted molar refractivity (Wildman–Crippen MR) is 123 cm³/mol. The molecule has 0 bridgehead atoms. The normalized spacial score (nSPS) is 11.0. The van der Waals surface area contributed by atoms with Gasteiger partial charge in [0.1, 0.15) is 6.61 Å². The van der Waals surface area contributed by atoms with Crippen LogP contribution in [0.15, 0.2) is 87.0 Å². The molecule has 7 heteroatoms. The van der Waals surface area contributed by atoms with E-state index in [9.17, 15) is 4.79 Å². The van der Waals surface area contributed by atoms with E-state index in [0.717, 1.165) is 15.4 Å². The number of ether oxygens (including phenoxy) is 2. The second kappa shape index (κ2) is 9.49. The van der Waals surface area contributed by atoms with Crippen molar-refractivity contribution in [1.29, 1.82) is 0 Å². The number of amides is 1. The van der Waals surface area contributed by atoms with Crippen molar-refractivity contribution in [3.63, 3.8) is 0 Å². The summed E-state index contributed by atoms with van der Waals surface area (Å²) in [4.78, 5) is 11.9. The molecule has 31 heavy (non-hydrogen) atoms. The van der Waals surface area contributed by atoms with Crippen LogP contribution in [0.4, 0.5) is 0 Å². The lowest BCUT2D eigenvalue weighted by Crippen LogP contribution is -2.16. The Hall–Kier alpha value is -3.58. The molecule has 0 aliphatic heterocycles. The van der Waals surface area contributed by atoms with E-state index in [-0.39, 0.29) is 5.76 Å². The lowest BCUT2D eigenvalue weighted by Gasteiger charge is -2.14. The van der Waals surface area contributed by atoms with Crippen LogP contribution in [0.25, 0.3) is 10.8 Å². The number of rotatable bonds is 7. The fraction of sp³-hybridized carbons (Fsp3) is 0.0833. The number of carbonyl (C=O) groups is 1. The molecule has 0 aliphatic rings. The monoisotopic (exact) mass is 478 g/mol. The van der Waals surface area contributed by atoms with Crippen LogP contribution in [0.3, 0.4) is 0 Å². The third-order valence-corrected chi connectivity index (χ3v) is 5.35. The van der Waals surface area contributed by atoms with Gasteiger partial charge in [0.05, 0.1) is 19.6 Å². The second-order valence-corrected chi connectivity index (χ2v) is 7.48. The highest BCUT2D eigenvalue weighted by Crippen LogP contribution is 2.34. The van der Waals surface area contributed by atoms with Crippen molar-refractivity contribution in [1.82, 2.24) is 5.43 Å². The molecule has 0 aliphatic carbocycles. The molecule has 1 heterocycles. The number of furan rings is 1. The molecule has 3 aromatic carbocycles. The second-order valence-electron chi connectivity index (χ2n) is 6.63. The highest BCUT2D eigenvalue weighted by molar-refractivity contribution is 9.10. The van der Waals surface area contributed by atoms with Crippen molar-refractivity contribution in [2.45, 2.75) is 6.61 Å². The fourth-order valence-corrected chi connectivity index (χ4v) is 3.54. The van der Waals surface area contributed by atoms with Crippen LogP contribution in [0.2, 0.25) is 0 Å². The molecule has 4 aromatic rings. The number of nitrogens with one attached hydrogen (secondary N) is 1. The molecule has 6 nitrogen and oxygen atoms in total. The molecule has 0 saturated heterocycles. The van der Waals surface area contributed by atoms with Crippen molar-refractivity contribution in [2.75, 3.05) is 7.11 Å². The van der Waals surface area contributed by atoms with Crippen molar-refractivity contribution < 1.29 is 18.7 Å². The SMILES string of the molecule is COc1cc(/C=N\NC(=O)c2ccco2)c(Br)cc1OCc1cccc2ccccc12. The summed E-state index contributed by atoms with van der Waals surface area (Å²) in [6.07, 6.45) is 2.94. The summed E-state index contributed by atoms with van der Waals surface area (Å²) in [5.41, 5.74) is 4.22. The first-order chi connectivity index (χ1) is 15.2. The third-order valence-electron chi connectivity index (χ3n) is 4.66. The number of fused-ring (bicyclic) bond motifs is 1. The summed E-state index contributed by atoms with van der Waals surface area (Å²) in [6, 6.07) is 21.1. The van der Waals surface area contributed by atoms with Gasteiger partial charge in [0.15, 0.2) is 17.3 Å². The maximum absolute atomic E-state index is 11.9. The van der Waals surface area contributed by atoms with Gasteiger partial charge < -0.3 is 13.9 Å². The van der Waals surface area contributed by atoms with E-state index in [2.05, 4.69) is 44.7 Å². The Morgan fingerprint density at radius 1 is 1.10 bits per heavy atom. The minimum Gasteiger partial charge on any atom is -0.493 e. The minimum atomic E-state index is -0.431. The van der Waals surface area contributed by atoms with E-state index in [1.807, 2.05) is 30.3 Å². The van der Waals surface area contributed by atoms with Gasteiger partial charge in [0, 0.05) is 10.0 Å². The van der Waals surface area contributed by atoms with Crippen molar-refractivity contribution in [2.24, 2.45) is 5.10 Å². The first kappa shape index (κ1) is 20.7. The molecular formula is C24H19BrN2O4. The van der Waals surface area contributed by atoms with Gasteiger partial charge in [-0.3, -0.25) is 4.79 Å². The molecule has 0 saturated carbocycles. The van der Waals surface area contributed by atoms with Crippen LogP contribution < -0.4 is 14.9 Å². The van der Waals surface area contributed by atoms with Gasteiger partial charge in [-0.25, -0.2) is 5.43 Å². The molecular weight excluding hydrogens is 460 g/mol. The lowest BCUT2D eigenvalue weighted by molar-refractivity contribution is 0.0927. The Kier molecular flexibility index (Phi) is 6.33. The van der Waals surface area contributed by atoms with Crippen molar-refractivity contribution in [3.05, 3.63) is 94.4 Å². The quantitative estimate of drug-likeness (QED) is 0.279. The van der Waals surface area contributed by atoms with Gasteiger partial charge in [-0.2, -0.15) is 5.10 Å². The molecule has 0 unspecified atom stereocenters. The van der Waals surface area contributed by atoms with Crippen LogP contribution in [-0.2, 0) is 6.61 Å². The standard InChI is InChI=1S/C24H19BrN2O4/c1-29-22-12-18(14-26-27-24(28)21-10-5-11-30-21)20(25)13-23(22)31-15-17-8-4-7-16-6-2-3-9-19(16)17/h2-14H,15H2,1H3,(H,27,28)/b26-14-. The number of nitrogens with zero attached hydrogens (tertiary/aromatic N) is 1. The van der Waals surface area contributed by atoms with E-state index in [1.165, 1.54) is 17.9 Å². The Morgan fingerprint density at radius 3 is 2.74 bits per heavy atom. The van der Waals surface area contributed by atoms with E-state index in [1.54, 1.807) is 25.3 Å². The largest absolute Gasteiger partial charge is 0.493 e. The summed E-state index contributed by atoms with van der Waals surface area (Å²) in [6.45, 7) is 0.400. The topological polar surface area (TPSA) is 73.1 Å². The average Bonchev–Trinajstić information content (AvgIpc) is 3.34. The van der Waals surface area contributed by atoms with Gasteiger partial charge in [0.25, 0.3) is 0 Å². The molecule has 1 aromatic heterocycles. The Bertz CT molecular complexity index is 1230. The molecule has 1 amide bonds. The van der Waals surface area contributed by atoms with Crippen LogP contribution in [0.5, 0.6) is 11.5 Å². The van der Waals surface area contributed by atoms with Gasteiger partial charge in [-0.1, -0.05) is 42.5 Å². The van der Waals surface area contributed by atoms with Gasteiger partial charge >= 0.3 is 5.91 Å².